The third-order valence-corrected chi connectivity index (χ3v) is 2.69. The first-order valence-electron chi connectivity index (χ1n) is 5.69. The van der Waals surface area contributed by atoms with E-state index in [9.17, 15) is 9.59 Å². The summed E-state index contributed by atoms with van der Waals surface area (Å²) in [5, 5.41) is 9.04. The van der Waals surface area contributed by atoms with E-state index in [0.717, 1.165) is 12.8 Å². The molecule has 0 bridgehead atoms. The third kappa shape index (κ3) is 2.83. The van der Waals surface area contributed by atoms with Gasteiger partial charge in [-0.05, 0) is 26.2 Å². The van der Waals surface area contributed by atoms with Crippen LogP contribution in [0, 0.1) is 6.92 Å². The van der Waals surface area contributed by atoms with Crippen LogP contribution >= 0.6 is 0 Å². The van der Waals surface area contributed by atoms with Gasteiger partial charge in [-0.1, -0.05) is 5.16 Å². The first-order valence-corrected chi connectivity index (χ1v) is 5.69. The number of hydrogen-bond acceptors (Lipinski definition) is 4. The zero-order valence-corrected chi connectivity index (χ0v) is 9.66. The lowest BCUT2D eigenvalue weighted by Gasteiger charge is -2.13. The van der Waals surface area contributed by atoms with Gasteiger partial charge in [0.1, 0.15) is 6.04 Å². The van der Waals surface area contributed by atoms with E-state index in [1.807, 2.05) is 0 Å². The molecule has 2 N–H and O–H groups in total. The van der Waals surface area contributed by atoms with Crippen LogP contribution in [0.25, 0.3) is 0 Å². The Hall–Kier alpha value is -1.85. The molecule has 6 nitrogen and oxygen atoms in total. The van der Waals surface area contributed by atoms with Crippen LogP contribution in [-0.4, -0.2) is 29.6 Å². The highest BCUT2D eigenvalue weighted by atomic mass is 16.5. The standard InChI is InChI=1S/C11H15N3O3/c1-7-6-9(17-14-7)11(16)13-8-4-2-3-5-12-10(8)15/h6,8H,2-5H2,1H3,(H,12,15)(H,13,16)/t8-/m1/s1. The van der Waals surface area contributed by atoms with Crippen LogP contribution in [0.5, 0.6) is 0 Å². The highest BCUT2D eigenvalue weighted by Gasteiger charge is 2.24. The van der Waals surface area contributed by atoms with Crippen LogP contribution in [0.2, 0.25) is 0 Å². The van der Waals surface area contributed by atoms with E-state index >= 15 is 0 Å². The van der Waals surface area contributed by atoms with Gasteiger partial charge >= 0.3 is 0 Å². The molecule has 1 aliphatic rings. The second-order valence-electron chi connectivity index (χ2n) is 4.15. The fourth-order valence-electron chi connectivity index (χ4n) is 1.78. The van der Waals surface area contributed by atoms with Gasteiger partial charge in [0.2, 0.25) is 11.7 Å². The lowest BCUT2D eigenvalue weighted by molar-refractivity contribution is -0.122. The Morgan fingerprint density at radius 2 is 2.41 bits per heavy atom. The van der Waals surface area contributed by atoms with Gasteiger partial charge in [-0.2, -0.15) is 0 Å². The van der Waals surface area contributed by atoms with Crippen LogP contribution in [0.1, 0.15) is 35.5 Å². The Morgan fingerprint density at radius 3 is 3.12 bits per heavy atom. The summed E-state index contributed by atoms with van der Waals surface area (Å²) in [6.07, 6.45) is 2.52. The Labute approximate surface area is 98.7 Å². The normalized spacial score (nSPS) is 20.5. The van der Waals surface area contributed by atoms with Crippen molar-refractivity contribution in [3.63, 3.8) is 0 Å². The summed E-state index contributed by atoms with van der Waals surface area (Å²) in [4.78, 5) is 23.4. The molecule has 6 heteroatoms. The fraction of sp³-hybridized carbons (Fsp3) is 0.545. The van der Waals surface area contributed by atoms with Crippen molar-refractivity contribution in [2.75, 3.05) is 6.54 Å². The van der Waals surface area contributed by atoms with Gasteiger partial charge in [0.25, 0.3) is 5.91 Å². The maximum Gasteiger partial charge on any atom is 0.290 e. The van der Waals surface area contributed by atoms with Crippen molar-refractivity contribution in [3.8, 4) is 0 Å². The minimum Gasteiger partial charge on any atom is -0.354 e. The number of aryl methyl sites for hydroxylation is 1. The smallest absolute Gasteiger partial charge is 0.290 e. The van der Waals surface area contributed by atoms with Gasteiger partial charge in [-0.15, -0.1) is 0 Å². The van der Waals surface area contributed by atoms with Crippen molar-refractivity contribution in [1.82, 2.24) is 15.8 Å². The fourth-order valence-corrected chi connectivity index (χ4v) is 1.78. The number of carbonyl (C=O) groups is 2. The molecular formula is C11H15N3O3. The highest BCUT2D eigenvalue weighted by molar-refractivity contribution is 5.95. The van der Waals surface area contributed by atoms with Crippen molar-refractivity contribution in [1.29, 1.82) is 0 Å². The molecule has 2 rings (SSSR count). The quantitative estimate of drug-likeness (QED) is 0.779. The largest absolute Gasteiger partial charge is 0.354 e. The first-order chi connectivity index (χ1) is 8.16. The number of rotatable bonds is 2. The topological polar surface area (TPSA) is 84.2 Å². The monoisotopic (exact) mass is 237 g/mol. The van der Waals surface area contributed by atoms with Crippen molar-refractivity contribution in [2.45, 2.75) is 32.2 Å². The molecule has 1 aromatic heterocycles. The van der Waals surface area contributed by atoms with Crippen molar-refractivity contribution in [3.05, 3.63) is 17.5 Å². The summed E-state index contributed by atoms with van der Waals surface area (Å²) in [6, 6.07) is 1.07. The van der Waals surface area contributed by atoms with Crippen LogP contribution in [0.3, 0.4) is 0 Å². The van der Waals surface area contributed by atoms with Gasteiger partial charge in [0, 0.05) is 12.6 Å². The maximum absolute atomic E-state index is 11.8. The van der Waals surface area contributed by atoms with E-state index in [1.165, 1.54) is 0 Å². The van der Waals surface area contributed by atoms with Gasteiger partial charge < -0.3 is 15.2 Å². The van der Waals surface area contributed by atoms with Gasteiger partial charge in [0.05, 0.1) is 5.69 Å². The van der Waals surface area contributed by atoms with Gasteiger partial charge in [-0.3, -0.25) is 9.59 Å². The van der Waals surface area contributed by atoms with E-state index in [1.54, 1.807) is 13.0 Å². The number of aromatic nitrogens is 1. The minimum atomic E-state index is -0.476. The van der Waals surface area contributed by atoms with Crippen LogP contribution in [0.4, 0.5) is 0 Å². The highest BCUT2D eigenvalue weighted by Crippen LogP contribution is 2.07. The first kappa shape index (κ1) is 11.6. The third-order valence-electron chi connectivity index (χ3n) is 2.69. The summed E-state index contributed by atoms with van der Waals surface area (Å²) in [7, 11) is 0. The molecule has 2 heterocycles. The van der Waals surface area contributed by atoms with Crippen molar-refractivity contribution in [2.24, 2.45) is 0 Å². The molecule has 1 atom stereocenters. The number of amides is 2. The van der Waals surface area contributed by atoms with Crippen molar-refractivity contribution < 1.29 is 14.1 Å². The zero-order valence-electron chi connectivity index (χ0n) is 9.66. The van der Waals surface area contributed by atoms with Gasteiger partial charge in [-0.25, -0.2) is 0 Å². The lowest BCUT2D eigenvalue weighted by Crippen LogP contribution is -2.45. The van der Waals surface area contributed by atoms with E-state index in [4.69, 9.17) is 4.52 Å². The second-order valence-corrected chi connectivity index (χ2v) is 4.15. The number of nitrogens with one attached hydrogen (secondary N) is 2. The molecular weight excluding hydrogens is 222 g/mol. The molecule has 0 aliphatic carbocycles. The Morgan fingerprint density at radius 1 is 1.59 bits per heavy atom. The van der Waals surface area contributed by atoms with E-state index in [0.29, 0.717) is 18.7 Å². The second kappa shape index (κ2) is 4.99. The Balaban J connectivity index is 1.99. The molecule has 2 amide bonds. The Kier molecular flexibility index (Phi) is 3.41. The van der Waals surface area contributed by atoms with Crippen LogP contribution < -0.4 is 10.6 Å². The summed E-state index contributed by atoms with van der Waals surface area (Å²) in [5.41, 5.74) is 0.639. The SMILES string of the molecule is Cc1cc(C(=O)N[C@@H]2CCCCNC2=O)on1. The molecule has 1 saturated heterocycles. The summed E-state index contributed by atoms with van der Waals surface area (Å²) >= 11 is 0. The summed E-state index contributed by atoms with van der Waals surface area (Å²) in [5.74, 6) is -0.390. The van der Waals surface area contributed by atoms with Crippen molar-refractivity contribution >= 4 is 11.8 Å². The van der Waals surface area contributed by atoms with Gasteiger partial charge in [0.15, 0.2) is 0 Å². The predicted molar refractivity (Wildman–Crippen MR) is 59.4 cm³/mol. The van der Waals surface area contributed by atoms with E-state index in [2.05, 4.69) is 15.8 Å². The van der Waals surface area contributed by atoms with Crippen LogP contribution in [-0.2, 0) is 4.79 Å². The maximum atomic E-state index is 11.8. The number of nitrogens with zero attached hydrogens (tertiary/aromatic N) is 1. The molecule has 1 aliphatic heterocycles. The Bertz CT molecular complexity index is 427. The summed E-state index contributed by atoms with van der Waals surface area (Å²) in [6.45, 7) is 2.41. The molecule has 92 valence electrons. The number of hydrogen-bond donors (Lipinski definition) is 2. The number of carbonyl (C=O) groups excluding carboxylic acids is 2. The average molecular weight is 237 g/mol. The predicted octanol–water partition coefficient (Wildman–Crippen LogP) is 0.382. The van der Waals surface area contributed by atoms with E-state index in [-0.39, 0.29) is 11.7 Å². The molecule has 0 radical (unpaired) electrons. The van der Waals surface area contributed by atoms with E-state index < -0.39 is 11.9 Å². The lowest BCUT2D eigenvalue weighted by atomic mass is 10.1. The molecule has 17 heavy (non-hydrogen) atoms. The average Bonchev–Trinajstić information content (AvgIpc) is 2.63. The molecule has 1 fully saturated rings. The van der Waals surface area contributed by atoms with Crippen LogP contribution in [0.15, 0.2) is 10.6 Å². The molecule has 1 aromatic rings. The minimum absolute atomic E-state index is 0.132. The zero-order chi connectivity index (χ0) is 12.3. The molecule has 0 unspecified atom stereocenters. The molecule has 0 saturated carbocycles. The molecule has 0 spiro atoms. The summed E-state index contributed by atoms with van der Waals surface area (Å²) < 4.78 is 4.84. The molecule has 0 aromatic carbocycles.